The summed E-state index contributed by atoms with van der Waals surface area (Å²) in [7, 11) is 0. The van der Waals surface area contributed by atoms with Crippen molar-refractivity contribution >= 4 is 39.8 Å². The number of halogens is 1. The average Bonchev–Trinajstić information content (AvgIpc) is 3.05. The van der Waals surface area contributed by atoms with Gasteiger partial charge in [0.15, 0.2) is 5.13 Å². The van der Waals surface area contributed by atoms with Gasteiger partial charge in [-0.3, -0.25) is 10.1 Å². The number of thiazole rings is 1. The van der Waals surface area contributed by atoms with Crippen LogP contribution in [0.15, 0.2) is 53.9 Å². The molecule has 1 heterocycles. The van der Waals surface area contributed by atoms with E-state index in [2.05, 4.69) is 20.9 Å². The fraction of sp³-hybridized carbons (Fsp3) is 0.0556. The molecule has 0 atom stereocenters. The van der Waals surface area contributed by atoms with Gasteiger partial charge >= 0.3 is 6.03 Å². The van der Waals surface area contributed by atoms with E-state index in [1.165, 1.54) is 29.6 Å². The first-order valence-electron chi connectivity index (χ1n) is 7.67. The van der Waals surface area contributed by atoms with Gasteiger partial charge in [-0.05, 0) is 48.9 Å². The van der Waals surface area contributed by atoms with Crippen molar-refractivity contribution in [2.45, 2.75) is 6.92 Å². The number of hydrogen-bond donors (Lipinski definition) is 3. The number of nitrogens with one attached hydrogen (secondary N) is 3. The maximum atomic E-state index is 12.9. The van der Waals surface area contributed by atoms with Crippen molar-refractivity contribution in [2.24, 2.45) is 0 Å². The third kappa shape index (κ3) is 4.64. The summed E-state index contributed by atoms with van der Waals surface area (Å²) >= 11 is 1.13. The molecule has 0 aliphatic carbocycles. The van der Waals surface area contributed by atoms with E-state index in [0.29, 0.717) is 16.5 Å². The Morgan fingerprint density at radius 1 is 1.00 bits per heavy atom. The van der Waals surface area contributed by atoms with Crippen LogP contribution in [0.3, 0.4) is 0 Å². The Hall–Kier alpha value is -3.26. The van der Waals surface area contributed by atoms with Crippen LogP contribution in [0.4, 0.5) is 25.7 Å². The van der Waals surface area contributed by atoms with E-state index in [0.717, 1.165) is 16.9 Å². The highest BCUT2D eigenvalue weighted by Gasteiger charge is 2.13. The zero-order valence-corrected chi connectivity index (χ0v) is 14.6. The Bertz CT molecular complexity index is 940. The lowest BCUT2D eigenvalue weighted by Crippen LogP contribution is -2.19. The number of urea groups is 1. The summed E-state index contributed by atoms with van der Waals surface area (Å²) in [6.07, 6.45) is 0. The Morgan fingerprint density at radius 3 is 2.50 bits per heavy atom. The highest BCUT2D eigenvalue weighted by molar-refractivity contribution is 7.14. The fourth-order valence-corrected chi connectivity index (χ4v) is 2.83. The lowest BCUT2D eigenvalue weighted by molar-refractivity contribution is 0.102. The number of benzene rings is 2. The van der Waals surface area contributed by atoms with E-state index >= 15 is 0 Å². The number of aromatic nitrogens is 1. The van der Waals surface area contributed by atoms with Gasteiger partial charge in [-0.15, -0.1) is 11.3 Å². The molecule has 0 saturated heterocycles. The monoisotopic (exact) mass is 370 g/mol. The second kappa shape index (κ2) is 7.75. The fourth-order valence-electron chi connectivity index (χ4n) is 2.15. The molecule has 0 radical (unpaired) electrons. The van der Waals surface area contributed by atoms with Crippen molar-refractivity contribution in [3.05, 3.63) is 71.0 Å². The first-order valence-corrected chi connectivity index (χ1v) is 8.55. The molecule has 0 bridgehead atoms. The lowest BCUT2D eigenvalue weighted by atomic mass is 10.2. The van der Waals surface area contributed by atoms with Crippen LogP contribution in [0, 0.1) is 12.7 Å². The Kier molecular flexibility index (Phi) is 5.23. The maximum absolute atomic E-state index is 12.9. The Balaban J connectivity index is 1.59. The van der Waals surface area contributed by atoms with Gasteiger partial charge in [0.1, 0.15) is 11.5 Å². The maximum Gasteiger partial charge on any atom is 0.325 e. The van der Waals surface area contributed by atoms with E-state index in [4.69, 9.17) is 0 Å². The molecule has 8 heteroatoms. The van der Waals surface area contributed by atoms with Gasteiger partial charge in [0.05, 0.1) is 0 Å². The van der Waals surface area contributed by atoms with Crippen LogP contribution in [0.1, 0.15) is 16.1 Å². The Morgan fingerprint density at radius 2 is 1.77 bits per heavy atom. The topological polar surface area (TPSA) is 83.1 Å². The molecule has 3 N–H and O–H groups in total. The molecule has 1 aromatic heterocycles. The second-order valence-corrected chi connectivity index (χ2v) is 6.31. The van der Waals surface area contributed by atoms with E-state index in [1.54, 1.807) is 6.07 Å². The summed E-state index contributed by atoms with van der Waals surface area (Å²) in [5.74, 6) is -0.831. The smallest absolute Gasteiger partial charge is 0.321 e. The van der Waals surface area contributed by atoms with Gasteiger partial charge in [-0.25, -0.2) is 14.2 Å². The molecule has 132 valence electrons. The van der Waals surface area contributed by atoms with Gasteiger partial charge < -0.3 is 10.6 Å². The van der Waals surface area contributed by atoms with Crippen LogP contribution in [0.5, 0.6) is 0 Å². The quantitative estimate of drug-likeness (QED) is 0.633. The van der Waals surface area contributed by atoms with Crippen LogP contribution in [-0.4, -0.2) is 16.9 Å². The number of rotatable bonds is 4. The summed E-state index contributed by atoms with van der Waals surface area (Å²) in [6.45, 7) is 1.93. The van der Waals surface area contributed by atoms with Crippen molar-refractivity contribution in [2.75, 3.05) is 16.0 Å². The van der Waals surface area contributed by atoms with E-state index in [9.17, 15) is 14.0 Å². The molecule has 0 saturated carbocycles. The number of hydrogen-bond acceptors (Lipinski definition) is 4. The predicted octanol–water partition coefficient (Wildman–Crippen LogP) is 4.49. The predicted molar refractivity (Wildman–Crippen MR) is 100 cm³/mol. The number of carbonyl (C=O) groups excluding carboxylic acids is 2. The van der Waals surface area contributed by atoms with Gasteiger partial charge in [-0.2, -0.15) is 0 Å². The minimum atomic E-state index is -0.449. The average molecular weight is 370 g/mol. The third-order valence-electron chi connectivity index (χ3n) is 3.34. The van der Waals surface area contributed by atoms with Gasteiger partial charge in [-0.1, -0.05) is 12.1 Å². The molecule has 0 fully saturated rings. The molecule has 3 aromatic rings. The summed E-state index contributed by atoms with van der Waals surface area (Å²) in [5, 5.41) is 9.71. The number of carbonyl (C=O) groups is 2. The van der Waals surface area contributed by atoms with Crippen LogP contribution in [0.2, 0.25) is 0 Å². The first kappa shape index (κ1) is 17.6. The summed E-state index contributed by atoms with van der Waals surface area (Å²) in [6, 6.07) is 12.3. The number of anilines is 3. The normalized spacial score (nSPS) is 10.2. The molecule has 6 nitrogen and oxygen atoms in total. The summed E-state index contributed by atoms with van der Waals surface area (Å²) in [4.78, 5) is 28.2. The van der Waals surface area contributed by atoms with Gasteiger partial charge in [0.25, 0.3) is 5.91 Å². The minimum absolute atomic E-state index is 0.158. The zero-order chi connectivity index (χ0) is 18.5. The number of amides is 3. The molecule has 3 amide bonds. The largest absolute Gasteiger partial charge is 0.325 e. The molecule has 0 unspecified atom stereocenters. The first-order chi connectivity index (χ1) is 12.5. The van der Waals surface area contributed by atoms with Crippen molar-refractivity contribution in [1.29, 1.82) is 0 Å². The van der Waals surface area contributed by atoms with Crippen molar-refractivity contribution < 1.29 is 14.0 Å². The Labute approximate surface area is 153 Å². The molecule has 0 aliphatic heterocycles. The molecular weight excluding hydrogens is 355 g/mol. The molecular formula is C18H15FN4O2S. The van der Waals surface area contributed by atoms with E-state index in [-0.39, 0.29) is 11.5 Å². The van der Waals surface area contributed by atoms with Crippen LogP contribution in [0.25, 0.3) is 0 Å². The zero-order valence-electron chi connectivity index (χ0n) is 13.7. The van der Waals surface area contributed by atoms with Gasteiger partial charge in [0, 0.05) is 16.8 Å². The standard InChI is InChI=1S/C18H15FN4O2S/c1-11-3-2-4-14(9-11)21-17(25)23-18-22-15(10-26-18)16(24)20-13-7-5-12(19)6-8-13/h2-10H,1H3,(H,20,24)(H2,21,22,23,25). The molecule has 3 rings (SSSR count). The van der Waals surface area contributed by atoms with Crippen LogP contribution < -0.4 is 16.0 Å². The molecule has 2 aromatic carbocycles. The highest BCUT2D eigenvalue weighted by atomic mass is 32.1. The molecule has 0 spiro atoms. The molecule has 26 heavy (non-hydrogen) atoms. The van der Waals surface area contributed by atoms with E-state index in [1.807, 2.05) is 25.1 Å². The SMILES string of the molecule is Cc1cccc(NC(=O)Nc2nc(C(=O)Nc3ccc(F)cc3)cs2)c1. The third-order valence-corrected chi connectivity index (χ3v) is 4.09. The van der Waals surface area contributed by atoms with Crippen LogP contribution in [-0.2, 0) is 0 Å². The van der Waals surface area contributed by atoms with Crippen molar-refractivity contribution in [3.63, 3.8) is 0 Å². The van der Waals surface area contributed by atoms with Gasteiger partial charge in [0.2, 0.25) is 0 Å². The second-order valence-electron chi connectivity index (χ2n) is 5.45. The molecule has 0 aliphatic rings. The highest BCUT2D eigenvalue weighted by Crippen LogP contribution is 2.18. The summed E-state index contributed by atoms with van der Waals surface area (Å²) < 4.78 is 12.9. The number of nitrogens with zero attached hydrogens (tertiary/aromatic N) is 1. The number of aryl methyl sites for hydroxylation is 1. The minimum Gasteiger partial charge on any atom is -0.321 e. The van der Waals surface area contributed by atoms with Crippen LogP contribution >= 0.6 is 11.3 Å². The van der Waals surface area contributed by atoms with E-state index < -0.39 is 11.9 Å². The lowest BCUT2D eigenvalue weighted by Gasteiger charge is -2.06. The van der Waals surface area contributed by atoms with Crippen molar-refractivity contribution in [3.8, 4) is 0 Å². The summed E-state index contributed by atoms with van der Waals surface area (Å²) in [5.41, 5.74) is 2.30. The van der Waals surface area contributed by atoms with Crippen molar-refractivity contribution in [1.82, 2.24) is 4.98 Å².